The number of ether oxygens (including phenoxy) is 1. The van der Waals surface area contributed by atoms with E-state index in [2.05, 4.69) is 22.8 Å². The first kappa shape index (κ1) is 19.1. The number of rotatable bonds is 7. The summed E-state index contributed by atoms with van der Waals surface area (Å²) in [7, 11) is 1.87. The maximum absolute atomic E-state index is 12.6. The molecule has 2 atom stereocenters. The highest BCUT2D eigenvalue weighted by Gasteiger charge is 2.23. The molecule has 1 aliphatic rings. The maximum Gasteiger partial charge on any atom is 0.259 e. The van der Waals surface area contributed by atoms with Crippen molar-refractivity contribution in [2.24, 2.45) is 5.92 Å². The minimum atomic E-state index is -0.639. The van der Waals surface area contributed by atoms with Crippen LogP contribution in [-0.2, 0) is 24.1 Å². The Bertz CT molecular complexity index is 867. The number of fused-ring (bicyclic) bond motifs is 3. The first-order valence-electron chi connectivity index (χ1n) is 8.89. The zero-order valence-electron chi connectivity index (χ0n) is 15.2. The number of aromatic amines is 1. The van der Waals surface area contributed by atoms with Crippen LogP contribution in [0.25, 0.3) is 10.2 Å². The van der Waals surface area contributed by atoms with Gasteiger partial charge in [-0.3, -0.25) is 9.69 Å². The number of hydrogen-bond donors (Lipinski definition) is 2. The summed E-state index contributed by atoms with van der Waals surface area (Å²) >= 11 is 1.65. The first-order valence-corrected chi connectivity index (χ1v) is 9.70. The molecule has 6 nitrogen and oxygen atoms in total. The minimum absolute atomic E-state index is 0.0524. The van der Waals surface area contributed by atoms with Crippen molar-refractivity contribution < 1.29 is 9.84 Å². The van der Waals surface area contributed by atoms with Crippen LogP contribution in [0.15, 0.2) is 4.79 Å². The molecule has 1 aliphatic carbocycles. The van der Waals surface area contributed by atoms with Crippen molar-refractivity contribution in [3.63, 3.8) is 0 Å². The van der Waals surface area contributed by atoms with Crippen molar-refractivity contribution in [1.82, 2.24) is 14.9 Å². The molecule has 140 valence electrons. The number of nitrogens with zero attached hydrogens (tertiary/aromatic N) is 2. The summed E-state index contributed by atoms with van der Waals surface area (Å²) in [5, 5.41) is 10.7. The quantitative estimate of drug-likeness (QED) is 0.567. The molecule has 0 bridgehead atoms. The van der Waals surface area contributed by atoms with Crippen LogP contribution >= 0.6 is 11.3 Å². The van der Waals surface area contributed by atoms with E-state index in [4.69, 9.17) is 11.2 Å². The summed E-state index contributed by atoms with van der Waals surface area (Å²) in [5.41, 5.74) is 1.14. The Labute approximate surface area is 157 Å². The number of likely N-dealkylation sites (N-methyl/N-ethyl adjacent to an activating group) is 1. The molecule has 0 saturated carbocycles. The molecule has 0 radical (unpaired) electrons. The summed E-state index contributed by atoms with van der Waals surface area (Å²) < 4.78 is 5.14. The lowest BCUT2D eigenvalue weighted by Crippen LogP contribution is -2.33. The van der Waals surface area contributed by atoms with Gasteiger partial charge in [-0.05, 0) is 37.8 Å². The molecule has 0 aromatic carbocycles. The number of aryl methyl sites for hydroxylation is 1. The van der Waals surface area contributed by atoms with E-state index >= 15 is 0 Å². The number of nitrogens with one attached hydrogen (secondary N) is 1. The number of aromatic nitrogens is 2. The highest BCUT2D eigenvalue weighted by atomic mass is 32.1. The van der Waals surface area contributed by atoms with Crippen LogP contribution in [0.2, 0.25) is 0 Å². The normalized spacial score (nSPS) is 18.0. The zero-order valence-corrected chi connectivity index (χ0v) is 16.1. The Balaban J connectivity index is 1.71. The van der Waals surface area contributed by atoms with E-state index in [1.807, 2.05) is 11.9 Å². The average molecular weight is 375 g/mol. The van der Waals surface area contributed by atoms with Crippen molar-refractivity contribution in [3.8, 4) is 12.3 Å². The van der Waals surface area contributed by atoms with E-state index in [0.717, 1.165) is 29.5 Å². The lowest BCUT2D eigenvalue weighted by molar-refractivity contribution is 0.0310. The second kappa shape index (κ2) is 8.31. The zero-order chi connectivity index (χ0) is 18.7. The predicted molar refractivity (Wildman–Crippen MR) is 103 cm³/mol. The Kier molecular flexibility index (Phi) is 6.09. The molecular weight excluding hydrogens is 350 g/mol. The molecule has 2 heterocycles. The van der Waals surface area contributed by atoms with Crippen molar-refractivity contribution in [2.75, 3.05) is 26.8 Å². The summed E-state index contributed by atoms with van der Waals surface area (Å²) in [6.45, 7) is 3.49. The third-order valence-electron chi connectivity index (χ3n) is 4.65. The van der Waals surface area contributed by atoms with E-state index in [9.17, 15) is 9.90 Å². The van der Waals surface area contributed by atoms with Gasteiger partial charge >= 0.3 is 0 Å². The smallest absolute Gasteiger partial charge is 0.259 e. The van der Waals surface area contributed by atoms with Gasteiger partial charge in [0.2, 0.25) is 0 Å². The van der Waals surface area contributed by atoms with Gasteiger partial charge in [0.15, 0.2) is 0 Å². The molecule has 26 heavy (non-hydrogen) atoms. The fraction of sp³-hybridized carbons (Fsp3) is 0.579. The SMILES string of the molecule is C#CCOCC(O)CN(C)Cc1nc2sc3c(c2c(=O)[nH]1)CCC(C)C3. The molecule has 2 unspecified atom stereocenters. The monoisotopic (exact) mass is 375 g/mol. The summed E-state index contributed by atoms with van der Waals surface area (Å²) in [6.07, 6.45) is 7.60. The fourth-order valence-electron chi connectivity index (χ4n) is 3.45. The van der Waals surface area contributed by atoms with Crippen LogP contribution in [-0.4, -0.2) is 52.9 Å². The van der Waals surface area contributed by atoms with Gasteiger partial charge in [0.25, 0.3) is 5.56 Å². The maximum atomic E-state index is 12.6. The first-order chi connectivity index (χ1) is 12.5. The van der Waals surface area contributed by atoms with Crippen LogP contribution in [0.1, 0.15) is 29.6 Å². The van der Waals surface area contributed by atoms with Crippen LogP contribution in [0, 0.1) is 18.3 Å². The minimum Gasteiger partial charge on any atom is -0.389 e. The number of thiophene rings is 1. The molecule has 0 fully saturated rings. The second-order valence-electron chi connectivity index (χ2n) is 7.11. The fourth-order valence-corrected chi connectivity index (χ4v) is 4.86. The number of terminal acetylenes is 1. The van der Waals surface area contributed by atoms with Gasteiger partial charge in [0, 0.05) is 11.4 Å². The molecule has 0 aliphatic heterocycles. The van der Waals surface area contributed by atoms with Gasteiger partial charge in [0.05, 0.1) is 24.6 Å². The molecule has 3 rings (SSSR count). The van der Waals surface area contributed by atoms with Gasteiger partial charge in [-0.1, -0.05) is 12.8 Å². The lowest BCUT2D eigenvalue weighted by Gasteiger charge is -2.19. The van der Waals surface area contributed by atoms with Crippen LogP contribution in [0.3, 0.4) is 0 Å². The molecule has 7 heteroatoms. The van der Waals surface area contributed by atoms with Crippen LogP contribution in [0.4, 0.5) is 0 Å². The van der Waals surface area contributed by atoms with Gasteiger partial charge in [-0.15, -0.1) is 17.8 Å². The molecule has 0 saturated heterocycles. The molecular formula is C19H25N3O3S. The molecule has 0 spiro atoms. The van der Waals surface area contributed by atoms with E-state index < -0.39 is 6.10 Å². The highest BCUT2D eigenvalue weighted by Crippen LogP contribution is 2.35. The highest BCUT2D eigenvalue weighted by molar-refractivity contribution is 7.18. The van der Waals surface area contributed by atoms with E-state index in [-0.39, 0.29) is 18.8 Å². The number of H-pyrrole nitrogens is 1. The summed E-state index contributed by atoms with van der Waals surface area (Å²) in [5.74, 6) is 3.65. The standard InChI is InChI=1S/C19H25N3O3S/c1-4-7-25-11-13(23)9-22(3)10-16-20-18(24)17-14-6-5-12(2)8-15(14)26-19(17)21-16/h1,12-13,23H,5-11H2,2-3H3,(H,20,21,24). The van der Waals surface area contributed by atoms with Crippen LogP contribution < -0.4 is 5.56 Å². The van der Waals surface area contributed by atoms with Gasteiger partial charge in [-0.25, -0.2) is 4.98 Å². The molecule has 2 aromatic rings. The molecule has 2 N–H and O–H groups in total. The number of hydrogen-bond acceptors (Lipinski definition) is 6. The van der Waals surface area contributed by atoms with E-state index in [1.54, 1.807) is 11.3 Å². The number of aliphatic hydroxyl groups is 1. The van der Waals surface area contributed by atoms with Gasteiger partial charge in [-0.2, -0.15) is 0 Å². The topological polar surface area (TPSA) is 78.5 Å². The van der Waals surface area contributed by atoms with Crippen molar-refractivity contribution in [2.45, 2.75) is 38.8 Å². The van der Waals surface area contributed by atoms with E-state index in [0.29, 0.717) is 24.8 Å². The largest absolute Gasteiger partial charge is 0.389 e. The predicted octanol–water partition coefficient (Wildman–Crippen LogP) is 1.55. The summed E-state index contributed by atoms with van der Waals surface area (Å²) in [4.78, 5) is 24.2. The number of aliphatic hydroxyl groups excluding tert-OH is 1. The van der Waals surface area contributed by atoms with Crippen LogP contribution in [0.5, 0.6) is 0 Å². The summed E-state index contributed by atoms with van der Waals surface area (Å²) in [6, 6.07) is 0. The third kappa shape index (κ3) is 4.33. The Morgan fingerprint density at radius 2 is 2.38 bits per heavy atom. The van der Waals surface area contributed by atoms with Gasteiger partial charge < -0.3 is 14.8 Å². The third-order valence-corrected chi connectivity index (χ3v) is 5.80. The Morgan fingerprint density at radius 3 is 3.15 bits per heavy atom. The van der Waals surface area contributed by atoms with Crippen molar-refractivity contribution in [1.29, 1.82) is 0 Å². The second-order valence-corrected chi connectivity index (χ2v) is 8.20. The van der Waals surface area contributed by atoms with Crippen molar-refractivity contribution in [3.05, 3.63) is 26.6 Å². The Morgan fingerprint density at radius 1 is 1.58 bits per heavy atom. The van der Waals surface area contributed by atoms with E-state index in [1.165, 1.54) is 10.4 Å². The molecule has 0 amide bonds. The lowest BCUT2D eigenvalue weighted by atomic mass is 9.89. The molecule has 2 aromatic heterocycles. The van der Waals surface area contributed by atoms with Gasteiger partial charge in [0.1, 0.15) is 17.3 Å². The van der Waals surface area contributed by atoms with Crippen molar-refractivity contribution >= 4 is 21.6 Å². The average Bonchev–Trinajstić information content (AvgIpc) is 2.92. The Hall–Kier alpha value is -1.72.